The number of carbonyl (C=O) groups excluding carboxylic acids is 1. The van der Waals surface area contributed by atoms with Crippen molar-refractivity contribution in [1.82, 2.24) is 5.43 Å². The number of nitro benzene ring substituents is 1. The number of carbonyl (C=O) groups is 1. The van der Waals surface area contributed by atoms with Gasteiger partial charge >= 0.3 is 0 Å². The molecule has 0 aliphatic heterocycles. The molecule has 7 heteroatoms. The molecule has 1 N–H and O–H groups in total. The van der Waals surface area contributed by atoms with Gasteiger partial charge < -0.3 is 0 Å². The summed E-state index contributed by atoms with van der Waals surface area (Å²) < 4.78 is 13.3. The van der Waals surface area contributed by atoms with E-state index in [0.717, 1.165) is 0 Å². The van der Waals surface area contributed by atoms with Gasteiger partial charge in [0.05, 0.1) is 11.1 Å². The lowest BCUT2D eigenvalue weighted by Gasteiger charge is -2.00. The first-order chi connectivity index (χ1) is 10.1. The van der Waals surface area contributed by atoms with Gasteiger partial charge in [0.2, 0.25) is 0 Å². The lowest BCUT2D eigenvalue weighted by atomic mass is 10.2. The van der Waals surface area contributed by atoms with Gasteiger partial charge in [-0.25, -0.2) is 9.82 Å². The Morgan fingerprint density at radius 3 is 2.48 bits per heavy atom. The molecule has 0 aliphatic rings. The number of hydrogen-bond donors (Lipinski definition) is 1. The van der Waals surface area contributed by atoms with Crippen molar-refractivity contribution in [3.05, 3.63) is 75.6 Å². The van der Waals surface area contributed by atoms with Gasteiger partial charge in [-0.15, -0.1) is 0 Å². The second kappa shape index (κ2) is 6.38. The van der Waals surface area contributed by atoms with Crippen molar-refractivity contribution in [2.75, 3.05) is 0 Å². The molecule has 0 aliphatic carbocycles. The molecule has 2 aromatic carbocycles. The third-order valence-corrected chi connectivity index (χ3v) is 2.62. The highest BCUT2D eigenvalue weighted by atomic mass is 19.1. The summed E-state index contributed by atoms with van der Waals surface area (Å²) in [6.45, 7) is 0. The monoisotopic (exact) mass is 287 g/mol. The van der Waals surface area contributed by atoms with Crippen LogP contribution in [0.25, 0.3) is 0 Å². The predicted octanol–water partition coefficient (Wildman–Crippen LogP) is 2.50. The molecule has 106 valence electrons. The van der Waals surface area contributed by atoms with Crippen molar-refractivity contribution in [3.8, 4) is 0 Å². The van der Waals surface area contributed by atoms with Crippen LogP contribution in [0.3, 0.4) is 0 Å². The van der Waals surface area contributed by atoms with Crippen molar-refractivity contribution in [1.29, 1.82) is 0 Å². The van der Waals surface area contributed by atoms with Gasteiger partial charge in [0.15, 0.2) is 0 Å². The maximum atomic E-state index is 13.3. The lowest BCUT2D eigenvalue weighted by molar-refractivity contribution is -0.384. The fourth-order valence-electron chi connectivity index (χ4n) is 1.54. The molecule has 0 heterocycles. The number of hydrogen-bond acceptors (Lipinski definition) is 4. The number of nitrogens with one attached hydrogen (secondary N) is 1. The normalized spacial score (nSPS) is 10.5. The summed E-state index contributed by atoms with van der Waals surface area (Å²) >= 11 is 0. The molecule has 6 nitrogen and oxygen atoms in total. The minimum absolute atomic E-state index is 0.110. The van der Waals surface area contributed by atoms with Crippen molar-refractivity contribution in [3.63, 3.8) is 0 Å². The Morgan fingerprint density at radius 1 is 1.19 bits per heavy atom. The molecule has 1 amide bonds. The van der Waals surface area contributed by atoms with E-state index in [4.69, 9.17) is 0 Å². The molecular formula is C14H10FN3O3. The molecule has 0 aromatic heterocycles. The van der Waals surface area contributed by atoms with E-state index in [1.807, 2.05) is 0 Å². The van der Waals surface area contributed by atoms with Crippen LogP contribution in [0.4, 0.5) is 10.1 Å². The highest BCUT2D eigenvalue weighted by Crippen LogP contribution is 2.11. The van der Waals surface area contributed by atoms with E-state index >= 15 is 0 Å². The number of amides is 1. The molecule has 0 radical (unpaired) electrons. The third-order valence-electron chi connectivity index (χ3n) is 2.62. The van der Waals surface area contributed by atoms with E-state index in [0.29, 0.717) is 0 Å². The van der Waals surface area contributed by atoms with E-state index in [-0.39, 0.29) is 16.8 Å². The van der Waals surface area contributed by atoms with Gasteiger partial charge in [0, 0.05) is 23.3 Å². The number of rotatable bonds is 4. The topological polar surface area (TPSA) is 84.6 Å². The average Bonchev–Trinajstić information content (AvgIpc) is 2.49. The van der Waals surface area contributed by atoms with Crippen LogP contribution in [0.1, 0.15) is 15.9 Å². The van der Waals surface area contributed by atoms with Crippen LogP contribution in [-0.2, 0) is 0 Å². The zero-order valence-electron chi connectivity index (χ0n) is 10.7. The highest BCUT2D eigenvalue weighted by molar-refractivity contribution is 5.95. The zero-order chi connectivity index (χ0) is 15.2. The van der Waals surface area contributed by atoms with Crippen molar-refractivity contribution >= 4 is 17.8 Å². The minimum Gasteiger partial charge on any atom is -0.267 e. The second-order valence-corrected chi connectivity index (χ2v) is 4.02. The van der Waals surface area contributed by atoms with Crippen LogP contribution >= 0.6 is 0 Å². The van der Waals surface area contributed by atoms with Gasteiger partial charge in [0.25, 0.3) is 11.6 Å². The van der Waals surface area contributed by atoms with Gasteiger partial charge in [-0.1, -0.05) is 18.2 Å². The van der Waals surface area contributed by atoms with E-state index in [1.165, 1.54) is 42.6 Å². The highest BCUT2D eigenvalue weighted by Gasteiger charge is 2.08. The standard InChI is InChI=1S/C14H10FN3O3/c15-13-4-2-1-3-11(13)9-16-17-14(19)10-5-7-12(8-6-10)18(20)21/h1-9H,(H,17,19)/b16-9+. The van der Waals surface area contributed by atoms with Crippen molar-refractivity contribution < 1.29 is 14.1 Å². The van der Waals surface area contributed by atoms with Gasteiger partial charge in [-0.2, -0.15) is 5.10 Å². The zero-order valence-corrected chi connectivity index (χ0v) is 10.7. The maximum absolute atomic E-state index is 13.3. The molecule has 0 saturated carbocycles. The van der Waals surface area contributed by atoms with Gasteiger partial charge in [0.1, 0.15) is 5.82 Å². The Labute approximate surface area is 119 Å². The number of nitro groups is 1. The summed E-state index contributed by atoms with van der Waals surface area (Å²) in [6, 6.07) is 11.0. The van der Waals surface area contributed by atoms with Gasteiger partial charge in [-0.05, 0) is 18.2 Å². The average molecular weight is 287 g/mol. The Kier molecular flexibility index (Phi) is 4.35. The van der Waals surface area contributed by atoms with Crippen LogP contribution in [0.15, 0.2) is 53.6 Å². The smallest absolute Gasteiger partial charge is 0.267 e. The Bertz CT molecular complexity index is 699. The molecule has 0 bridgehead atoms. The summed E-state index contributed by atoms with van der Waals surface area (Å²) in [4.78, 5) is 21.6. The van der Waals surface area contributed by atoms with Crippen LogP contribution in [0, 0.1) is 15.9 Å². The number of benzene rings is 2. The predicted molar refractivity (Wildman–Crippen MR) is 74.6 cm³/mol. The number of hydrazone groups is 1. The Morgan fingerprint density at radius 2 is 1.86 bits per heavy atom. The molecule has 0 fully saturated rings. The number of nitrogens with zero attached hydrogens (tertiary/aromatic N) is 2. The fourth-order valence-corrected chi connectivity index (χ4v) is 1.54. The van der Waals surface area contributed by atoms with E-state index in [9.17, 15) is 19.3 Å². The number of non-ortho nitro benzene ring substituents is 1. The molecule has 2 rings (SSSR count). The molecule has 0 spiro atoms. The summed E-state index contributed by atoms with van der Waals surface area (Å²) in [5, 5.41) is 14.1. The summed E-state index contributed by atoms with van der Waals surface area (Å²) in [5.41, 5.74) is 2.56. The SMILES string of the molecule is O=C(N/N=C/c1ccccc1F)c1ccc([N+](=O)[O-])cc1. The lowest BCUT2D eigenvalue weighted by Crippen LogP contribution is -2.17. The molecule has 21 heavy (non-hydrogen) atoms. The quantitative estimate of drug-likeness (QED) is 0.532. The van der Waals surface area contributed by atoms with Crippen molar-refractivity contribution in [2.45, 2.75) is 0 Å². The Hall–Kier alpha value is -3.09. The first-order valence-electron chi connectivity index (χ1n) is 5.90. The summed E-state index contributed by atoms with van der Waals surface area (Å²) in [7, 11) is 0. The fraction of sp³-hybridized carbons (Fsp3) is 0. The molecular weight excluding hydrogens is 277 g/mol. The number of halogens is 1. The van der Waals surface area contributed by atoms with E-state index in [1.54, 1.807) is 12.1 Å². The molecule has 0 atom stereocenters. The van der Waals surface area contributed by atoms with Crippen LogP contribution in [0.5, 0.6) is 0 Å². The van der Waals surface area contributed by atoms with Crippen LogP contribution < -0.4 is 5.43 Å². The van der Waals surface area contributed by atoms with Crippen molar-refractivity contribution in [2.24, 2.45) is 5.10 Å². The largest absolute Gasteiger partial charge is 0.271 e. The summed E-state index contributed by atoms with van der Waals surface area (Å²) in [6.07, 6.45) is 1.18. The third kappa shape index (κ3) is 3.69. The first kappa shape index (κ1) is 14.3. The molecule has 0 unspecified atom stereocenters. The van der Waals surface area contributed by atoms with Crippen LogP contribution in [-0.4, -0.2) is 17.0 Å². The Balaban J connectivity index is 2.02. The van der Waals surface area contributed by atoms with Crippen LogP contribution in [0.2, 0.25) is 0 Å². The summed E-state index contributed by atoms with van der Waals surface area (Å²) in [5.74, 6) is -0.997. The minimum atomic E-state index is -0.558. The van der Waals surface area contributed by atoms with E-state index in [2.05, 4.69) is 10.5 Å². The molecule has 2 aromatic rings. The maximum Gasteiger partial charge on any atom is 0.271 e. The van der Waals surface area contributed by atoms with E-state index < -0.39 is 16.6 Å². The molecule has 0 saturated heterocycles. The van der Waals surface area contributed by atoms with Gasteiger partial charge in [-0.3, -0.25) is 14.9 Å². The first-order valence-corrected chi connectivity index (χ1v) is 5.90. The second-order valence-electron chi connectivity index (χ2n) is 4.02.